The highest BCUT2D eigenvalue weighted by Gasteiger charge is 2.33. The molecule has 2 aliphatic heterocycles. The fraction of sp³-hybridized carbons (Fsp3) is 0.733. The smallest absolute Gasteiger partial charge is 0.274 e. The summed E-state index contributed by atoms with van der Waals surface area (Å²) in [6.07, 6.45) is 2.50. The van der Waals surface area contributed by atoms with Gasteiger partial charge in [0.25, 0.3) is 5.91 Å². The zero-order chi connectivity index (χ0) is 15.7. The molecule has 0 radical (unpaired) electrons. The minimum atomic E-state index is -1.06. The van der Waals surface area contributed by atoms with E-state index < -0.39 is 5.60 Å². The van der Waals surface area contributed by atoms with Gasteiger partial charge in [-0.1, -0.05) is 0 Å². The second-order valence-electron chi connectivity index (χ2n) is 6.55. The molecule has 7 heteroatoms. The van der Waals surface area contributed by atoms with E-state index in [4.69, 9.17) is 0 Å². The summed E-state index contributed by atoms with van der Waals surface area (Å²) < 4.78 is 0. The second-order valence-corrected chi connectivity index (χ2v) is 6.55. The molecular weight excluding hydrogens is 284 g/mol. The Bertz CT molecular complexity index is 559. The lowest BCUT2D eigenvalue weighted by Crippen LogP contribution is -2.37. The van der Waals surface area contributed by atoms with Gasteiger partial charge in [-0.25, -0.2) is 0 Å². The summed E-state index contributed by atoms with van der Waals surface area (Å²) in [7, 11) is 2.04. The Kier molecular flexibility index (Phi) is 4.20. The van der Waals surface area contributed by atoms with Gasteiger partial charge in [0.1, 0.15) is 0 Å². The molecule has 1 aromatic rings. The molecule has 0 aromatic carbocycles. The van der Waals surface area contributed by atoms with Crippen molar-refractivity contribution in [3.8, 4) is 0 Å². The van der Waals surface area contributed by atoms with E-state index in [0.717, 1.165) is 30.8 Å². The van der Waals surface area contributed by atoms with Crippen LogP contribution in [0.5, 0.6) is 0 Å². The number of nitrogens with zero attached hydrogens (tertiary/aromatic N) is 3. The summed E-state index contributed by atoms with van der Waals surface area (Å²) >= 11 is 0. The molecule has 1 fully saturated rings. The number of aliphatic hydroxyl groups excluding tert-OH is 1. The Labute approximate surface area is 129 Å². The van der Waals surface area contributed by atoms with E-state index in [0.29, 0.717) is 38.0 Å². The Morgan fingerprint density at radius 1 is 1.36 bits per heavy atom. The number of hydrogen-bond acceptors (Lipinski definition) is 5. The Morgan fingerprint density at radius 3 is 2.95 bits per heavy atom. The summed E-state index contributed by atoms with van der Waals surface area (Å²) in [6, 6.07) is 0. The fourth-order valence-electron chi connectivity index (χ4n) is 3.30. The molecule has 0 saturated carbocycles. The molecule has 22 heavy (non-hydrogen) atoms. The van der Waals surface area contributed by atoms with Crippen molar-refractivity contribution in [2.75, 3.05) is 33.3 Å². The Hall–Kier alpha value is -1.44. The van der Waals surface area contributed by atoms with Crippen LogP contribution in [-0.2, 0) is 13.0 Å². The van der Waals surface area contributed by atoms with Crippen LogP contribution in [0.1, 0.15) is 41.0 Å². The van der Waals surface area contributed by atoms with Crippen molar-refractivity contribution in [3.63, 3.8) is 0 Å². The van der Waals surface area contributed by atoms with E-state index in [1.54, 1.807) is 4.90 Å². The van der Waals surface area contributed by atoms with Crippen molar-refractivity contribution in [3.05, 3.63) is 17.0 Å². The Balaban J connectivity index is 1.76. The van der Waals surface area contributed by atoms with Crippen molar-refractivity contribution in [1.29, 1.82) is 0 Å². The van der Waals surface area contributed by atoms with Gasteiger partial charge in [0.15, 0.2) is 5.69 Å². The number of H-pyrrole nitrogens is 1. The molecule has 1 saturated heterocycles. The van der Waals surface area contributed by atoms with Gasteiger partial charge < -0.3 is 20.0 Å². The zero-order valence-corrected chi connectivity index (χ0v) is 13.0. The highest BCUT2D eigenvalue weighted by molar-refractivity contribution is 5.94. The molecule has 0 bridgehead atoms. The van der Waals surface area contributed by atoms with Crippen LogP contribution in [0.3, 0.4) is 0 Å². The normalized spacial score (nSPS) is 26.6. The van der Waals surface area contributed by atoms with Crippen LogP contribution in [0.4, 0.5) is 0 Å². The highest BCUT2D eigenvalue weighted by Crippen LogP contribution is 2.25. The number of aromatic nitrogens is 2. The van der Waals surface area contributed by atoms with E-state index in [2.05, 4.69) is 15.1 Å². The fourth-order valence-corrected chi connectivity index (χ4v) is 3.30. The first-order valence-electron chi connectivity index (χ1n) is 7.89. The summed E-state index contributed by atoms with van der Waals surface area (Å²) in [6.45, 7) is 2.50. The molecule has 1 atom stereocenters. The molecule has 1 amide bonds. The molecule has 0 spiro atoms. The molecule has 3 heterocycles. The van der Waals surface area contributed by atoms with E-state index in [1.807, 2.05) is 7.05 Å². The van der Waals surface area contributed by atoms with Crippen molar-refractivity contribution in [2.24, 2.45) is 0 Å². The van der Waals surface area contributed by atoms with E-state index in [1.165, 1.54) is 0 Å². The monoisotopic (exact) mass is 308 g/mol. The number of hydrogen-bond donors (Lipinski definition) is 3. The second kappa shape index (κ2) is 5.98. The number of carbonyl (C=O) groups is 1. The lowest BCUT2D eigenvalue weighted by molar-refractivity contribution is -0.0250. The van der Waals surface area contributed by atoms with Crippen LogP contribution >= 0.6 is 0 Å². The quantitative estimate of drug-likeness (QED) is 0.700. The molecule has 1 unspecified atom stereocenters. The van der Waals surface area contributed by atoms with E-state index >= 15 is 0 Å². The number of amides is 1. The average Bonchev–Trinajstić information content (AvgIpc) is 2.82. The third-order valence-corrected chi connectivity index (χ3v) is 4.83. The minimum absolute atomic E-state index is 0.0741. The standard InChI is InChI=1S/C15H24N4O3/c1-18-7-3-12-11(9-18)13(17-16-12)14(21)19-6-2-4-15(22,10-20)5-8-19/h20,22H,2-10H2,1H3,(H,16,17). The third-order valence-electron chi connectivity index (χ3n) is 4.83. The molecule has 0 aliphatic carbocycles. The number of carbonyl (C=O) groups excluding carboxylic acids is 1. The van der Waals surface area contributed by atoms with Gasteiger partial charge in [0, 0.05) is 43.9 Å². The third kappa shape index (κ3) is 2.88. The van der Waals surface area contributed by atoms with Crippen molar-refractivity contribution in [1.82, 2.24) is 20.0 Å². The maximum Gasteiger partial charge on any atom is 0.274 e. The SMILES string of the molecule is CN1CCc2[nH]nc(C(=O)N3CCCC(O)(CO)CC3)c2C1. The van der Waals surface area contributed by atoms with Crippen LogP contribution in [0.2, 0.25) is 0 Å². The largest absolute Gasteiger partial charge is 0.393 e. The van der Waals surface area contributed by atoms with Crippen molar-refractivity contribution in [2.45, 2.75) is 37.8 Å². The maximum absolute atomic E-state index is 12.8. The molecule has 3 rings (SSSR count). The van der Waals surface area contributed by atoms with E-state index in [-0.39, 0.29) is 12.5 Å². The predicted octanol–water partition coefficient (Wildman–Crippen LogP) is -0.253. The molecule has 122 valence electrons. The first-order chi connectivity index (χ1) is 10.5. The number of rotatable bonds is 2. The van der Waals surface area contributed by atoms with Crippen molar-refractivity contribution < 1.29 is 15.0 Å². The lowest BCUT2D eigenvalue weighted by atomic mass is 9.96. The van der Waals surface area contributed by atoms with Crippen LogP contribution in [-0.4, -0.2) is 75.0 Å². The molecule has 1 aromatic heterocycles. The van der Waals surface area contributed by atoms with Gasteiger partial charge >= 0.3 is 0 Å². The molecule has 7 nitrogen and oxygen atoms in total. The summed E-state index contributed by atoms with van der Waals surface area (Å²) in [4.78, 5) is 16.7. The van der Waals surface area contributed by atoms with Gasteiger partial charge in [-0.05, 0) is 26.3 Å². The van der Waals surface area contributed by atoms with E-state index in [9.17, 15) is 15.0 Å². The van der Waals surface area contributed by atoms with Crippen LogP contribution in [0, 0.1) is 0 Å². The molecule has 3 N–H and O–H groups in total. The van der Waals surface area contributed by atoms with Gasteiger partial charge in [0.2, 0.25) is 0 Å². The van der Waals surface area contributed by atoms with Gasteiger partial charge in [0.05, 0.1) is 12.2 Å². The van der Waals surface area contributed by atoms with Crippen molar-refractivity contribution >= 4 is 5.91 Å². The van der Waals surface area contributed by atoms with Crippen LogP contribution in [0.15, 0.2) is 0 Å². The van der Waals surface area contributed by atoms with Gasteiger partial charge in [-0.15, -0.1) is 0 Å². The minimum Gasteiger partial charge on any atom is -0.393 e. The zero-order valence-electron chi connectivity index (χ0n) is 13.0. The summed E-state index contributed by atoms with van der Waals surface area (Å²) in [5.41, 5.74) is 1.51. The summed E-state index contributed by atoms with van der Waals surface area (Å²) in [5.74, 6) is -0.0741. The predicted molar refractivity (Wildman–Crippen MR) is 80.4 cm³/mol. The lowest BCUT2D eigenvalue weighted by Gasteiger charge is -2.25. The number of aromatic amines is 1. The van der Waals surface area contributed by atoms with Crippen LogP contribution < -0.4 is 0 Å². The van der Waals surface area contributed by atoms with Gasteiger partial charge in [-0.3, -0.25) is 9.89 Å². The maximum atomic E-state index is 12.8. The first-order valence-corrected chi connectivity index (χ1v) is 7.89. The average molecular weight is 308 g/mol. The van der Waals surface area contributed by atoms with Gasteiger partial charge in [-0.2, -0.15) is 5.10 Å². The highest BCUT2D eigenvalue weighted by atomic mass is 16.3. The number of aliphatic hydroxyl groups is 2. The first kappa shape index (κ1) is 15.5. The number of fused-ring (bicyclic) bond motifs is 1. The molecular formula is C15H24N4O3. The Morgan fingerprint density at radius 2 is 2.18 bits per heavy atom. The molecule has 2 aliphatic rings. The number of nitrogens with one attached hydrogen (secondary N) is 1. The number of likely N-dealkylation sites (N-methyl/N-ethyl adjacent to an activating group) is 1. The topological polar surface area (TPSA) is 92.7 Å². The number of likely N-dealkylation sites (tertiary alicyclic amines) is 1. The summed E-state index contributed by atoms with van der Waals surface area (Å²) in [5, 5.41) is 26.7. The van der Waals surface area contributed by atoms with Crippen LogP contribution in [0.25, 0.3) is 0 Å².